The van der Waals surface area contributed by atoms with E-state index in [1.54, 1.807) is 19.4 Å². The minimum Gasteiger partial charge on any atom is -0.332 e. The number of aromatic nitrogens is 2. The molecule has 0 aliphatic rings. The van der Waals surface area contributed by atoms with Crippen LogP contribution in [0.4, 0.5) is 0 Å². The third-order valence-electron chi connectivity index (χ3n) is 2.61. The van der Waals surface area contributed by atoms with Crippen LogP contribution in [-0.2, 0) is 22.9 Å². The second-order valence-electron chi connectivity index (χ2n) is 3.99. The van der Waals surface area contributed by atoms with Gasteiger partial charge in [-0.05, 0) is 13.0 Å². The molecule has 1 aromatic rings. The summed E-state index contributed by atoms with van der Waals surface area (Å²) in [7, 11) is -2.91. The van der Waals surface area contributed by atoms with Gasteiger partial charge in [-0.2, -0.15) is 0 Å². The molecule has 0 spiro atoms. The van der Waals surface area contributed by atoms with E-state index >= 15 is 0 Å². The fourth-order valence-corrected chi connectivity index (χ4v) is 2.24. The van der Waals surface area contributed by atoms with E-state index in [0.29, 0.717) is 6.54 Å². The summed E-state index contributed by atoms with van der Waals surface area (Å²) in [4.78, 5) is 4.06. The zero-order valence-corrected chi connectivity index (χ0v) is 11.3. The topological polar surface area (TPSA) is 64.0 Å². The third kappa shape index (κ3) is 4.87. The van der Waals surface area contributed by atoms with Crippen molar-refractivity contribution in [1.29, 1.82) is 0 Å². The summed E-state index contributed by atoms with van der Waals surface area (Å²) in [5.41, 5.74) is 1.03. The zero-order chi connectivity index (χ0) is 12.7. The highest BCUT2D eigenvalue weighted by atomic mass is 32.2. The Balaban J connectivity index is 2.51. The minimum absolute atomic E-state index is 0.181. The predicted octanol–water partition coefficient (Wildman–Crippen LogP) is 0.817. The summed E-state index contributed by atoms with van der Waals surface area (Å²) in [6.07, 6.45) is 4.55. The summed E-state index contributed by atoms with van der Waals surface area (Å²) < 4.78 is 24.7. The zero-order valence-electron chi connectivity index (χ0n) is 10.5. The average molecular weight is 259 g/mol. The maximum atomic E-state index is 11.4. The van der Waals surface area contributed by atoms with Crippen LogP contribution in [0, 0.1) is 0 Å². The molecule has 0 fully saturated rings. The SMILES string of the molecule is CCCNCc1cncn1CCS(=O)(=O)CC. The molecule has 5 nitrogen and oxygen atoms in total. The average Bonchev–Trinajstić information content (AvgIpc) is 2.75. The van der Waals surface area contributed by atoms with Crippen molar-refractivity contribution < 1.29 is 8.42 Å². The monoisotopic (exact) mass is 259 g/mol. The number of hydrogen-bond donors (Lipinski definition) is 1. The predicted molar refractivity (Wildman–Crippen MR) is 68.6 cm³/mol. The molecule has 17 heavy (non-hydrogen) atoms. The van der Waals surface area contributed by atoms with E-state index in [2.05, 4.69) is 17.2 Å². The molecule has 0 atom stereocenters. The van der Waals surface area contributed by atoms with Crippen molar-refractivity contribution in [2.75, 3.05) is 18.1 Å². The lowest BCUT2D eigenvalue weighted by molar-refractivity contribution is 0.583. The van der Waals surface area contributed by atoms with Gasteiger partial charge in [0.2, 0.25) is 0 Å². The Morgan fingerprint density at radius 1 is 1.41 bits per heavy atom. The number of aryl methyl sites for hydroxylation is 1. The van der Waals surface area contributed by atoms with Crippen molar-refractivity contribution in [3.63, 3.8) is 0 Å². The van der Waals surface area contributed by atoms with Gasteiger partial charge < -0.3 is 9.88 Å². The molecule has 6 heteroatoms. The van der Waals surface area contributed by atoms with E-state index in [1.807, 2.05) is 4.57 Å². The largest absolute Gasteiger partial charge is 0.332 e. The Hall–Kier alpha value is -0.880. The van der Waals surface area contributed by atoms with Crippen LogP contribution < -0.4 is 5.32 Å². The first-order chi connectivity index (χ1) is 8.09. The number of imidazole rings is 1. The van der Waals surface area contributed by atoms with Crippen molar-refractivity contribution in [3.05, 3.63) is 18.2 Å². The van der Waals surface area contributed by atoms with Gasteiger partial charge in [-0.3, -0.25) is 0 Å². The van der Waals surface area contributed by atoms with Crippen LogP contribution in [0.2, 0.25) is 0 Å². The van der Waals surface area contributed by atoms with Crippen LogP contribution in [0.3, 0.4) is 0 Å². The first-order valence-electron chi connectivity index (χ1n) is 5.99. The molecule has 1 rings (SSSR count). The van der Waals surface area contributed by atoms with Crippen LogP contribution in [0.25, 0.3) is 0 Å². The van der Waals surface area contributed by atoms with E-state index in [-0.39, 0.29) is 11.5 Å². The molecular weight excluding hydrogens is 238 g/mol. The molecule has 1 heterocycles. The Bertz CT molecular complexity index is 426. The number of nitrogens with zero attached hydrogens (tertiary/aromatic N) is 2. The van der Waals surface area contributed by atoms with Crippen LogP contribution in [0.15, 0.2) is 12.5 Å². The standard InChI is InChI=1S/C11H21N3O2S/c1-3-5-12-8-11-9-13-10-14(11)6-7-17(15,16)4-2/h9-10,12H,3-8H2,1-2H3. The summed E-state index contributed by atoms with van der Waals surface area (Å²) in [6.45, 7) is 5.96. The molecule has 0 radical (unpaired) electrons. The van der Waals surface area contributed by atoms with Crippen LogP contribution in [-0.4, -0.2) is 36.0 Å². The second kappa shape index (κ2) is 6.76. The quantitative estimate of drug-likeness (QED) is 0.702. The lowest BCUT2D eigenvalue weighted by Crippen LogP contribution is -2.19. The van der Waals surface area contributed by atoms with E-state index < -0.39 is 9.84 Å². The van der Waals surface area contributed by atoms with Crippen molar-refractivity contribution in [2.24, 2.45) is 0 Å². The van der Waals surface area contributed by atoms with Crippen molar-refractivity contribution in [1.82, 2.24) is 14.9 Å². The Morgan fingerprint density at radius 2 is 2.18 bits per heavy atom. The van der Waals surface area contributed by atoms with E-state index in [4.69, 9.17) is 0 Å². The molecule has 0 saturated heterocycles. The molecule has 0 amide bonds. The number of rotatable bonds is 8. The Morgan fingerprint density at radius 3 is 2.82 bits per heavy atom. The Kier molecular flexibility index (Phi) is 5.64. The maximum Gasteiger partial charge on any atom is 0.151 e. The molecule has 0 unspecified atom stereocenters. The molecule has 0 aromatic carbocycles. The smallest absolute Gasteiger partial charge is 0.151 e. The normalized spacial score (nSPS) is 11.9. The van der Waals surface area contributed by atoms with Gasteiger partial charge in [0, 0.05) is 25.0 Å². The van der Waals surface area contributed by atoms with Gasteiger partial charge in [-0.1, -0.05) is 13.8 Å². The van der Waals surface area contributed by atoms with Gasteiger partial charge in [0.1, 0.15) is 0 Å². The third-order valence-corrected chi connectivity index (χ3v) is 4.30. The summed E-state index contributed by atoms with van der Waals surface area (Å²) in [5, 5.41) is 3.28. The molecule has 98 valence electrons. The Labute approximate surface area is 103 Å². The summed E-state index contributed by atoms with van der Waals surface area (Å²) in [5.74, 6) is 0.381. The molecule has 1 N–H and O–H groups in total. The van der Waals surface area contributed by atoms with Crippen LogP contribution in [0.5, 0.6) is 0 Å². The van der Waals surface area contributed by atoms with Gasteiger partial charge >= 0.3 is 0 Å². The highest BCUT2D eigenvalue weighted by molar-refractivity contribution is 7.91. The van der Waals surface area contributed by atoms with Gasteiger partial charge in [0.25, 0.3) is 0 Å². The second-order valence-corrected chi connectivity index (χ2v) is 6.46. The van der Waals surface area contributed by atoms with Crippen molar-refractivity contribution >= 4 is 9.84 Å². The first kappa shape index (κ1) is 14.2. The van der Waals surface area contributed by atoms with E-state index in [1.165, 1.54) is 0 Å². The molecule has 1 aromatic heterocycles. The van der Waals surface area contributed by atoms with Crippen LogP contribution >= 0.6 is 0 Å². The first-order valence-corrected chi connectivity index (χ1v) is 7.81. The fraction of sp³-hybridized carbons (Fsp3) is 0.727. The van der Waals surface area contributed by atoms with Crippen LogP contribution in [0.1, 0.15) is 26.0 Å². The highest BCUT2D eigenvalue weighted by Gasteiger charge is 2.09. The van der Waals surface area contributed by atoms with Crippen molar-refractivity contribution in [3.8, 4) is 0 Å². The van der Waals surface area contributed by atoms with E-state index in [9.17, 15) is 8.42 Å². The molecule has 0 bridgehead atoms. The minimum atomic E-state index is -2.91. The fourth-order valence-electron chi connectivity index (χ4n) is 1.47. The van der Waals surface area contributed by atoms with Gasteiger partial charge in [0.15, 0.2) is 9.84 Å². The molecular formula is C11H21N3O2S. The molecule has 0 aliphatic carbocycles. The maximum absolute atomic E-state index is 11.4. The summed E-state index contributed by atoms with van der Waals surface area (Å²) in [6, 6.07) is 0. The number of sulfone groups is 1. The molecule has 0 saturated carbocycles. The highest BCUT2D eigenvalue weighted by Crippen LogP contribution is 2.01. The van der Waals surface area contributed by atoms with Gasteiger partial charge in [-0.15, -0.1) is 0 Å². The molecule has 0 aliphatic heterocycles. The summed E-state index contributed by atoms with van der Waals surface area (Å²) >= 11 is 0. The lowest BCUT2D eigenvalue weighted by Gasteiger charge is -2.08. The lowest BCUT2D eigenvalue weighted by atomic mass is 10.4. The van der Waals surface area contributed by atoms with E-state index in [0.717, 1.165) is 25.2 Å². The van der Waals surface area contributed by atoms with Gasteiger partial charge in [0.05, 0.1) is 17.8 Å². The van der Waals surface area contributed by atoms with Crippen molar-refractivity contribution in [2.45, 2.75) is 33.4 Å². The van der Waals surface area contributed by atoms with Gasteiger partial charge in [-0.25, -0.2) is 13.4 Å². The number of nitrogens with one attached hydrogen (secondary N) is 1. The number of hydrogen-bond acceptors (Lipinski definition) is 4.